The van der Waals surface area contributed by atoms with E-state index in [2.05, 4.69) is 10.3 Å². The highest BCUT2D eigenvalue weighted by atomic mass is 16.3. The molecule has 1 fully saturated rings. The van der Waals surface area contributed by atoms with Gasteiger partial charge in [0.15, 0.2) is 0 Å². The van der Waals surface area contributed by atoms with Crippen molar-refractivity contribution >= 4 is 11.8 Å². The van der Waals surface area contributed by atoms with Gasteiger partial charge in [-0.25, -0.2) is 0 Å². The largest absolute Gasteiger partial charge is 0.464 e. The molecule has 0 aliphatic carbocycles. The number of nitrogens with one attached hydrogen (secondary N) is 1. The fourth-order valence-electron chi connectivity index (χ4n) is 2.95. The lowest BCUT2D eigenvalue weighted by Crippen LogP contribution is -2.42. The number of rotatable bonds is 4. The van der Waals surface area contributed by atoms with E-state index in [0.29, 0.717) is 19.6 Å². The van der Waals surface area contributed by atoms with E-state index in [4.69, 9.17) is 4.42 Å². The molecule has 1 aliphatic rings. The zero-order chi connectivity index (χ0) is 16.9. The van der Waals surface area contributed by atoms with E-state index in [1.807, 2.05) is 18.2 Å². The van der Waals surface area contributed by atoms with Gasteiger partial charge in [-0.1, -0.05) is 0 Å². The van der Waals surface area contributed by atoms with Gasteiger partial charge in [-0.15, -0.1) is 0 Å². The normalized spacial score (nSPS) is 15.3. The van der Waals surface area contributed by atoms with Crippen LogP contribution in [-0.4, -0.2) is 34.8 Å². The summed E-state index contributed by atoms with van der Waals surface area (Å²) in [7, 11) is 0. The van der Waals surface area contributed by atoms with Crippen molar-refractivity contribution in [1.82, 2.24) is 15.2 Å². The molecule has 0 unspecified atom stereocenters. The quantitative estimate of drug-likeness (QED) is 0.934. The minimum atomic E-state index is -0.0261. The van der Waals surface area contributed by atoms with E-state index < -0.39 is 0 Å². The Labute approximate surface area is 140 Å². The van der Waals surface area contributed by atoms with E-state index in [1.54, 1.807) is 30.5 Å². The molecule has 0 atom stereocenters. The first-order valence-corrected chi connectivity index (χ1v) is 8.14. The third-order valence-electron chi connectivity index (χ3n) is 4.38. The molecule has 1 N–H and O–H groups in total. The number of pyridine rings is 1. The van der Waals surface area contributed by atoms with Gasteiger partial charge < -0.3 is 14.6 Å². The number of aromatic nitrogens is 1. The summed E-state index contributed by atoms with van der Waals surface area (Å²) in [6.07, 6.45) is 6.54. The lowest BCUT2D eigenvalue weighted by molar-refractivity contribution is -0.134. The Morgan fingerprint density at radius 2 is 2.12 bits per heavy atom. The lowest BCUT2D eigenvalue weighted by Gasteiger charge is -2.30. The highest BCUT2D eigenvalue weighted by molar-refractivity contribution is 5.79. The van der Waals surface area contributed by atoms with Crippen molar-refractivity contribution in [1.29, 1.82) is 0 Å². The molecule has 3 rings (SSSR count). The summed E-state index contributed by atoms with van der Waals surface area (Å²) in [6.45, 7) is 3.32. The fourth-order valence-corrected chi connectivity index (χ4v) is 2.95. The fraction of sp³-hybridized carbons (Fsp3) is 0.389. The number of furan rings is 1. The average Bonchev–Trinajstić information content (AvgIpc) is 3.15. The lowest BCUT2D eigenvalue weighted by atomic mass is 9.96. The Morgan fingerprint density at radius 3 is 2.79 bits per heavy atom. The van der Waals surface area contributed by atoms with Crippen LogP contribution in [0.2, 0.25) is 0 Å². The van der Waals surface area contributed by atoms with E-state index in [-0.39, 0.29) is 17.7 Å². The average molecular weight is 327 g/mol. The smallest absolute Gasteiger partial charge is 0.223 e. The molecule has 2 aromatic rings. The number of likely N-dealkylation sites (tertiary alicyclic amines) is 1. The predicted molar refractivity (Wildman–Crippen MR) is 88.8 cm³/mol. The zero-order valence-corrected chi connectivity index (χ0v) is 13.7. The molecular formula is C18H21N3O3. The molecule has 1 aliphatic heterocycles. The van der Waals surface area contributed by atoms with Crippen molar-refractivity contribution in [2.75, 3.05) is 13.1 Å². The molecule has 0 aromatic carbocycles. The molecule has 126 valence electrons. The van der Waals surface area contributed by atoms with Crippen molar-refractivity contribution in [3.63, 3.8) is 0 Å². The van der Waals surface area contributed by atoms with Crippen LogP contribution in [0.1, 0.15) is 25.3 Å². The molecule has 2 aromatic heterocycles. The van der Waals surface area contributed by atoms with Crippen LogP contribution in [0.15, 0.2) is 41.3 Å². The molecule has 0 bridgehead atoms. The minimum absolute atomic E-state index is 0.0261. The van der Waals surface area contributed by atoms with E-state index in [0.717, 1.165) is 29.7 Å². The van der Waals surface area contributed by atoms with Gasteiger partial charge in [0.05, 0.1) is 6.26 Å². The molecule has 1 saturated heterocycles. The van der Waals surface area contributed by atoms with E-state index in [9.17, 15) is 9.59 Å². The maximum atomic E-state index is 12.3. The van der Waals surface area contributed by atoms with Gasteiger partial charge in [-0.2, -0.15) is 0 Å². The van der Waals surface area contributed by atoms with Gasteiger partial charge >= 0.3 is 0 Å². The summed E-state index contributed by atoms with van der Waals surface area (Å²) in [5.41, 5.74) is 1.82. The van der Waals surface area contributed by atoms with Crippen LogP contribution < -0.4 is 5.32 Å². The summed E-state index contributed by atoms with van der Waals surface area (Å²) in [5.74, 6) is 0.852. The summed E-state index contributed by atoms with van der Waals surface area (Å²) >= 11 is 0. The number of amides is 2. The SMILES string of the molecule is CC(=O)N1CCC(C(=O)NCc2cncc(-c3ccco3)c2)CC1. The monoisotopic (exact) mass is 327 g/mol. The molecule has 0 spiro atoms. The van der Waals surface area contributed by atoms with Crippen molar-refractivity contribution in [3.05, 3.63) is 42.4 Å². The van der Waals surface area contributed by atoms with Crippen molar-refractivity contribution in [3.8, 4) is 11.3 Å². The van der Waals surface area contributed by atoms with Gasteiger partial charge in [-0.05, 0) is 36.6 Å². The van der Waals surface area contributed by atoms with Crippen LogP contribution in [0.5, 0.6) is 0 Å². The number of carbonyl (C=O) groups excluding carboxylic acids is 2. The zero-order valence-electron chi connectivity index (χ0n) is 13.7. The predicted octanol–water partition coefficient (Wildman–Crippen LogP) is 2.22. The Bertz CT molecular complexity index is 704. The van der Waals surface area contributed by atoms with Crippen molar-refractivity contribution < 1.29 is 14.0 Å². The number of piperidine rings is 1. The third kappa shape index (κ3) is 3.82. The van der Waals surface area contributed by atoms with E-state index >= 15 is 0 Å². The Balaban J connectivity index is 1.53. The molecular weight excluding hydrogens is 306 g/mol. The summed E-state index contributed by atoms with van der Waals surface area (Å²) in [4.78, 5) is 29.6. The number of carbonyl (C=O) groups is 2. The molecule has 24 heavy (non-hydrogen) atoms. The Hall–Kier alpha value is -2.63. The first-order chi connectivity index (χ1) is 11.6. The molecule has 0 saturated carbocycles. The topological polar surface area (TPSA) is 75.4 Å². The number of hydrogen-bond donors (Lipinski definition) is 1. The van der Waals surface area contributed by atoms with Gasteiger partial charge in [0.25, 0.3) is 0 Å². The number of hydrogen-bond acceptors (Lipinski definition) is 4. The van der Waals surface area contributed by atoms with E-state index in [1.165, 1.54) is 0 Å². The maximum Gasteiger partial charge on any atom is 0.223 e. The molecule has 2 amide bonds. The standard InChI is InChI=1S/C18H21N3O3/c1-13(22)21-6-4-15(5-7-21)18(23)20-11-14-9-16(12-19-10-14)17-3-2-8-24-17/h2-3,8-10,12,15H,4-7,11H2,1H3,(H,20,23). The van der Waals surface area contributed by atoms with Crippen LogP contribution in [-0.2, 0) is 16.1 Å². The second-order valence-electron chi connectivity index (χ2n) is 6.06. The minimum Gasteiger partial charge on any atom is -0.464 e. The van der Waals surface area contributed by atoms with Gasteiger partial charge in [0.2, 0.25) is 11.8 Å². The van der Waals surface area contributed by atoms with Crippen LogP contribution in [0.3, 0.4) is 0 Å². The van der Waals surface area contributed by atoms with Gasteiger partial charge in [-0.3, -0.25) is 14.6 Å². The van der Waals surface area contributed by atoms with Crippen LogP contribution in [0.4, 0.5) is 0 Å². The van der Waals surface area contributed by atoms with Gasteiger partial charge in [0.1, 0.15) is 5.76 Å². The summed E-state index contributed by atoms with van der Waals surface area (Å²) in [5, 5.41) is 2.97. The highest BCUT2D eigenvalue weighted by Gasteiger charge is 2.25. The first-order valence-electron chi connectivity index (χ1n) is 8.14. The summed E-state index contributed by atoms with van der Waals surface area (Å²) < 4.78 is 5.37. The molecule has 6 heteroatoms. The highest BCUT2D eigenvalue weighted by Crippen LogP contribution is 2.20. The van der Waals surface area contributed by atoms with Gasteiger partial charge in [0, 0.05) is 50.4 Å². The number of nitrogens with zero attached hydrogens (tertiary/aromatic N) is 2. The molecule has 0 radical (unpaired) electrons. The maximum absolute atomic E-state index is 12.3. The van der Waals surface area contributed by atoms with Crippen LogP contribution in [0.25, 0.3) is 11.3 Å². The summed E-state index contributed by atoms with van der Waals surface area (Å²) in [6, 6.07) is 5.67. The van der Waals surface area contributed by atoms with Crippen LogP contribution in [0, 0.1) is 5.92 Å². The van der Waals surface area contributed by atoms with Crippen molar-refractivity contribution in [2.24, 2.45) is 5.92 Å². The Kier molecular flexibility index (Phi) is 4.93. The second kappa shape index (κ2) is 7.29. The molecule has 6 nitrogen and oxygen atoms in total. The van der Waals surface area contributed by atoms with Crippen LogP contribution >= 0.6 is 0 Å². The Morgan fingerprint density at radius 1 is 1.33 bits per heavy atom. The van der Waals surface area contributed by atoms with Crippen molar-refractivity contribution in [2.45, 2.75) is 26.3 Å². The molecule has 3 heterocycles. The second-order valence-corrected chi connectivity index (χ2v) is 6.06. The first kappa shape index (κ1) is 16.2. The third-order valence-corrected chi connectivity index (χ3v) is 4.38.